The zero-order valence-corrected chi connectivity index (χ0v) is 21.7. The molecule has 0 saturated carbocycles. The summed E-state index contributed by atoms with van der Waals surface area (Å²) in [5.41, 5.74) is 13.9. The summed E-state index contributed by atoms with van der Waals surface area (Å²) >= 11 is 0. The van der Waals surface area contributed by atoms with E-state index in [0.29, 0.717) is 0 Å². The predicted molar refractivity (Wildman–Crippen MR) is 161 cm³/mol. The van der Waals surface area contributed by atoms with Gasteiger partial charge in [0.05, 0.1) is 11.4 Å². The van der Waals surface area contributed by atoms with Crippen LogP contribution in [0.5, 0.6) is 0 Å². The Morgan fingerprint density at radius 2 is 0.711 bits per heavy atom. The van der Waals surface area contributed by atoms with Crippen LogP contribution in [0.3, 0.4) is 0 Å². The molecule has 0 bridgehead atoms. The van der Waals surface area contributed by atoms with E-state index in [9.17, 15) is 0 Å². The molecule has 6 rings (SSSR count). The molecular weight excluding hydrogens is 458 g/mol. The Kier molecular flexibility index (Phi) is 6.42. The minimum Gasteiger partial charge on any atom is -0.248 e. The fraction of sp³-hybridized carbons (Fsp3) is 0.0541. The van der Waals surface area contributed by atoms with Crippen molar-refractivity contribution in [2.24, 2.45) is 0 Å². The number of benzene rings is 5. The molecule has 1 heteroatoms. The number of nitrogens with zero attached hydrogens (tertiary/aromatic N) is 1. The van der Waals surface area contributed by atoms with Gasteiger partial charge in [0.2, 0.25) is 0 Å². The third-order valence-corrected chi connectivity index (χ3v) is 7.00. The van der Waals surface area contributed by atoms with Gasteiger partial charge in [-0.3, -0.25) is 0 Å². The summed E-state index contributed by atoms with van der Waals surface area (Å²) < 4.78 is 0. The Morgan fingerprint density at radius 3 is 1.16 bits per heavy atom. The molecule has 0 radical (unpaired) electrons. The maximum absolute atomic E-state index is 5.13. The van der Waals surface area contributed by atoms with Crippen LogP contribution < -0.4 is 0 Å². The summed E-state index contributed by atoms with van der Waals surface area (Å²) in [7, 11) is 0. The van der Waals surface area contributed by atoms with Gasteiger partial charge in [-0.15, -0.1) is 0 Å². The summed E-state index contributed by atoms with van der Waals surface area (Å²) in [6, 6.07) is 49.7. The first kappa shape index (κ1) is 23.6. The monoisotopic (exact) mass is 487 g/mol. The quantitative estimate of drug-likeness (QED) is 0.236. The number of pyridine rings is 1. The van der Waals surface area contributed by atoms with Gasteiger partial charge in [-0.1, -0.05) is 139 Å². The van der Waals surface area contributed by atoms with Crippen molar-refractivity contribution in [3.8, 4) is 55.9 Å². The standard InChI is InChI=1S/C37H29N/c1-26-8-6-12-33(22-26)29-14-18-31(19-15-29)36-24-35(28-10-4-3-5-11-28)25-37(38-36)32-20-16-30(17-21-32)34-13-7-9-27(2)23-34/h3-25H,1-2H3. The van der Waals surface area contributed by atoms with E-state index in [1.165, 1.54) is 38.9 Å². The number of hydrogen-bond acceptors (Lipinski definition) is 1. The lowest BCUT2D eigenvalue weighted by Crippen LogP contribution is -1.92. The first-order valence-corrected chi connectivity index (χ1v) is 13.0. The summed E-state index contributed by atoms with van der Waals surface area (Å²) in [6.07, 6.45) is 0. The van der Waals surface area contributed by atoms with Crippen molar-refractivity contribution in [3.63, 3.8) is 0 Å². The Morgan fingerprint density at radius 1 is 0.316 bits per heavy atom. The predicted octanol–water partition coefficient (Wildman–Crippen LogP) is 10.0. The first-order valence-electron chi connectivity index (χ1n) is 13.0. The van der Waals surface area contributed by atoms with E-state index in [2.05, 4.69) is 153 Å². The van der Waals surface area contributed by atoms with Gasteiger partial charge in [0.15, 0.2) is 0 Å². The van der Waals surface area contributed by atoms with Gasteiger partial charge in [-0.25, -0.2) is 4.98 Å². The first-order chi connectivity index (χ1) is 18.6. The van der Waals surface area contributed by atoms with Crippen molar-refractivity contribution in [1.82, 2.24) is 4.98 Å². The Labute approximate surface area is 225 Å². The molecule has 1 nitrogen and oxygen atoms in total. The molecule has 1 heterocycles. The lowest BCUT2D eigenvalue weighted by molar-refractivity contribution is 1.32. The van der Waals surface area contributed by atoms with E-state index in [0.717, 1.165) is 28.1 Å². The molecule has 0 aliphatic rings. The molecule has 182 valence electrons. The van der Waals surface area contributed by atoms with Crippen molar-refractivity contribution in [1.29, 1.82) is 0 Å². The average Bonchev–Trinajstić information content (AvgIpc) is 2.97. The highest BCUT2D eigenvalue weighted by Gasteiger charge is 2.10. The molecule has 6 aromatic rings. The van der Waals surface area contributed by atoms with E-state index in [1.807, 2.05) is 0 Å². The summed E-state index contributed by atoms with van der Waals surface area (Å²) in [5.74, 6) is 0. The highest BCUT2D eigenvalue weighted by atomic mass is 14.7. The molecule has 0 spiro atoms. The highest BCUT2D eigenvalue weighted by Crippen LogP contribution is 2.32. The highest BCUT2D eigenvalue weighted by molar-refractivity contribution is 5.78. The van der Waals surface area contributed by atoms with E-state index in [1.54, 1.807) is 0 Å². The molecule has 0 aliphatic heterocycles. The van der Waals surface area contributed by atoms with Gasteiger partial charge >= 0.3 is 0 Å². The normalized spacial score (nSPS) is 10.9. The lowest BCUT2D eigenvalue weighted by Gasteiger charge is -2.12. The molecule has 0 aliphatic carbocycles. The topological polar surface area (TPSA) is 12.9 Å². The maximum Gasteiger partial charge on any atom is 0.0715 e. The molecular formula is C37H29N. The second-order valence-corrected chi connectivity index (χ2v) is 9.89. The minimum absolute atomic E-state index is 0.972. The van der Waals surface area contributed by atoms with Crippen LogP contribution in [0.1, 0.15) is 11.1 Å². The Hall–Kier alpha value is -4.75. The molecule has 38 heavy (non-hydrogen) atoms. The van der Waals surface area contributed by atoms with Gasteiger partial charge in [0, 0.05) is 11.1 Å². The van der Waals surface area contributed by atoms with Crippen LogP contribution >= 0.6 is 0 Å². The number of aryl methyl sites for hydroxylation is 2. The second kappa shape index (κ2) is 10.3. The van der Waals surface area contributed by atoms with Crippen molar-refractivity contribution >= 4 is 0 Å². The SMILES string of the molecule is Cc1cccc(-c2ccc(-c3cc(-c4ccccc4)cc(-c4ccc(-c5cccc(C)c5)cc4)n3)cc2)c1. The maximum atomic E-state index is 5.13. The van der Waals surface area contributed by atoms with E-state index in [4.69, 9.17) is 4.98 Å². The zero-order chi connectivity index (χ0) is 25.9. The van der Waals surface area contributed by atoms with Gasteiger partial charge < -0.3 is 0 Å². The molecule has 0 unspecified atom stereocenters. The van der Waals surface area contributed by atoms with Crippen LogP contribution in [0.25, 0.3) is 55.9 Å². The van der Waals surface area contributed by atoms with Crippen molar-refractivity contribution in [3.05, 3.63) is 151 Å². The summed E-state index contributed by atoms with van der Waals surface area (Å²) in [4.78, 5) is 5.13. The van der Waals surface area contributed by atoms with Crippen molar-refractivity contribution < 1.29 is 0 Å². The fourth-order valence-corrected chi connectivity index (χ4v) is 4.94. The lowest BCUT2D eigenvalue weighted by atomic mass is 9.97. The van der Waals surface area contributed by atoms with Gasteiger partial charge in [0.1, 0.15) is 0 Å². The van der Waals surface area contributed by atoms with Gasteiger partial charge in [0.25, 0.3) is 0 Å². The number of hydrogen-bond donors (Lipinski definition) is 0. The summed E-state index contributed by atoms with van der Waals surface area (Å²) in [6.45, 7) is 4.26. The third kappa shape index (κ3) is 5.05. The van der Waals surface area contributed by atoms with Gasteiger partial charge in [-0.05, 0) is 59.4 Å². The van der Waals surface area contributed by atoms with Crippen molar-refractivity contribution in [2.75, 3.05) is 0 Å². The van der Waals surface area contributed by atoms with E-state index < -0.39 is 0 Å². The van der Waals surface area contributed by atoms with Crippen LogP contribution in [0.2, 0.25) is 0 Å². The van der Waals surface area contributed by atoms with E-state index >= 15 is 0 Å². The third-order valence-electron chi connectivity index (χ3n) is 7.00. The number of rotatable bonds is 5. The minimum atomic E-state index is 0.972. The smallest absolute Gasteiger partial charge is 0.0715 e. The van der Waals surface area contributed by atoms with Crippen molar-refractivity contribution in [2.45, 2.75) is 13.8 Å². The molecule has 1 aromatic heterocycles. The Balaban J connectivity index is 1.40. The molecule has 5 aromatic carbocycles. The molecule has 0 amide bonds. The summed E-state index contributed by atoms with van der Waals surface area (Å²) in [5, 5.41) is 0. The molecule has 0 saturated heterocycles. The fourth-order valence-electron chi connectivity index (χ4n) is 4.94. The number of aromatic nitrogens is 1. The second-order valence-electron chi connectivity index (χ2n) is 9.89. The van der Waals surface area contributed by atoms with Crippen LogP contribution in [0.15, 0.2) is 140 Å². The van der Waals surface area contributed by atoms with Crippen LogP contribution in [0, 0.1) is 13.8 Å². The largest absolute Gasteiger partial charge is 0.248 e. The molecule has 0 fully saturated rings. The van der Waals surface area contributed by atoms with Gasteiger partial charge in [-0.2, -0.15) is 0 Å². The Bertz CT molecular complexity index is 1590. The molecule has 0 N–H and O–H groups in total. The van der Waals surface area contributed by atoms with Crippen LogP contribution in [0.4, 0.5) is 0 Å². The van der Waals surface area contributed by atoms with Crippen LogP contribution in [-0.4, -0.2) is 4.98 Å². The van der Waals surface area contributed by atoms with E-state index in [-0.39, 0.29) is 0 Å². The average molecular weight is 488 g/mol. The van der Waals surface area contributed by atoms with Crippen LogP contribution in [-0.2, 0) is 0 Å². The molecule has 0 atom stereocenters. The zero-order valence-electron chi connectivity index (χ0n) is 21.7.